The van der Waals surface area contributed by atoms with Crippen LogP contribution in [-0.4, -0.2) is 42.1 Å². The summed E-state index contributed by atoms with van der Waals surface area (Å²) in [4.78, 5) is 9.00. The van der Waals surface area contributed by atoms with Crippen LogP contribution in [0.1, 0.15) is 38.2 Å². The number of aromatic nitrogens is 1. The fourth-order valence-electron chi connectivity index (χ4n) is 2.53. The third kappa shape index (κ3) is 6.69. The molecule has 1 aromatic rings. The summed E-state index contributed by atoms with van der Waals surface area (Å²) >= 11 is 1.82. The summed E-state index contributed by atoms with van der Waals surface area (Å²) in [5, 5.41) is 6.58. The van der Waals surface area contributed by atoms with Gasteiger partial charge in [-0.15, -0.1) is 0 Å². The average Bonchev–Trinajstić information content (AvgIpc) is 3.07. The van der Waals surface area contributed by atoms with Crippen molar-refractivity contribution in [2.75, 3.05) is 25.1 Å². The maximum Gasteiger partial charge on any atom is 0.213 e. The first-order valence-electron chi connectivity index (χ1n) is 8.44. The highest BCUT2D eigenvalue weighted by Gasteiger charge is 2.16. The van der Waals surface area contributed by atoms with Gasteiger partial charge in [0, 0.05) is 31.1 Å². The monoisotopic (exact) mass is 336 g/mol. The first-order valence-corrected chi connectivity index (χ1v) is 9.84. The van der Waals surface area contributed by atoms with Crippen LogP contribution in [0, 0.1) is 0 Å². The van der Waals surface area contributed by atoms with Crippen molar-refractivity contribution in [3.63, 3.8) is 0 Å². The summed E-state index contributed by atoms with van der Waals surface area (Å²) in [5.41, 5.74) is 1.09. The number of nitrogens with one attached hydrogen (secondary N) is 2. The molecule has 0 bridgehead atoms. The Morgan fingerprint density at radius 3 is 2.83 bits per heavy atom. The van der Waals surface area contributed by atoms with Crippen molar-refractivity contribution in [3.05, 3.63) is 23.9 Å². The van der Waals surface area contributed by atoms with Gasteiger partial charge in [-0.2, -0.15) is 11.8 Å². The summed E-state index contributed by atoms with van der Waals surface area (Å²) in [5.74, 6) is 2.65. The fraction of sp³-hybridized carbons (Fsp3) is 0.647. The smallest absolute Gasteiger partial charge is 0.213 e. The molecule has 0 saturated heterocycles. The maximum absolute atomic E-state index is 5.89. The van der Waals surface area contributed by atoms with Crippen LogP contribution in [0.25, 0.3) is 0 Å². The molecule has 0 unspecified atom stereocenters. The highest BCUT2D eigenvalue weighted by molar-refractivity contribution is 7.98. The number of thioether (sulfide) groups is 1. The van der Waals surface area contributed by atoms with E-state index in [1.807, 2.05) is 30.1 Å². The number of rotatable bonds is 8. The van der Waals surface area contributed by atoms with Crippen molar-refractivity contribution < 1.29 is 4.74 Å². The molecule has 2 N–H and O–H groups in total. The largest absolute Gasteiger partial charge is 0.474 e. The van der Waals surface area contributed by atoms with Gasteiger partial charge >= 0.3 is 0 Å². The van der Waals surface area contributed by atoms with Gasteiger partial charge in [0.1, 0.15) is 6.10 Å². The van der Waals surface area contributed by atoms with Gasteiger partial charge in [-0.1, -0.05) is 6.07 Å². The second kappa shape index (κ2) is 10.4. The third-order valence-electron chi connectivity index (χ3n) is 3.75. The van der Waals surface area contributed by atoms with E-state index in [-0.39, 0.29) is 0 Å². The topological polar surface area (TPSA) is 58.5 Å². The lowest BCUT2D eigenvalue weighted by atomic mass is 10.3. The summed E-state index contributed by atoms with van der Waals surface area (Å²) in [6, 6.07) is 4.00. The van der Waals surface area contributed by atoms with Gasteiger partial charge in [-0.05, 0) is 44.4 Å². The SMILES string of the molecule is CCNC(=NCc1ccc(OC2CCCC2)nc1)NCCSC. The van der Waals surface area contributed by atoms with Crippen LogP contribution in [0.15, 0.2) is 23.3 Å². The average molecular weight is 337 g/mol. The molecule has 1 aliphatic rings. The van der Waals surface area contributed by atoms with Gasteiger partial charge in [-0.3, -0.25) is 0 Å². The Hall–Kier alpha value is -1.43. The lowest BCUT2D eigenvalue weighted by Crippen LogP contribution is -2.38. The molecule has 1 aromatic heterocycles. The Labute approximate surface area is 143 Å². The van der Waals surface area contributed by atoms with E-state index in [2.05, 4.69) is 33.8 Å². The maximum atomic E-state index is 5.89. The van der Waals surface area contributed by atoms with Gasteiger partial charge < -0.3 is 15.4 Å². The number of guanidine groups is 1. The molecule has 23 heavy (non-hydrogen) atoms. The standard InChI is InChI=1S/C17H28N4OS/c1-3-18-17(19-10-11-23-2)21-13-14-8-9-16(20-12-14)22-15-6-4-5-7-15/h8-9,12,15H,3-7,10-11,13H2,1-2H3,(H2,18,19,21). The Bertz CT molecular complexity index is 472. The highest BCUT2D eigenvalue weighted by atomic mass is 32.2. The molecule has 0 aromatic carbocycles. The zero-order chi connectivity index (χ0) is 16.3. The van der Waals surface area contributed by atoms with Gasteiger partial charge in [0.05, 0.1) is 6.54 Å². The lowest BCUT2D eigenvalue weighted by molar-refractivity contribution is 0.201. The van der Waals surface area contributed by atoms with E-state index in [0.29, 0.717) is 12.6 Å². The molecular formula is C17H28N4OS. The molecule has 6 heteroatoms. The number of nitrogens with zero attached hydrogens (tertiary/aromatic N) is 2. The summed E-state index contributed by atoms with van der Waals surface area (Å²) in [6.45, 7) is 4.46. The van der Waals surface area contributed by atoms with Crippen molar-refractivity contribution in [2.24, 2.45) is 4.99 Å². The molecule has 0 spiro atoms. The zero-order valence-electron chi connectivity index (χ0n) is 14.2. The Balaban J connectivity index is 1.83. The van der Waals surface area contributed by atoms with Gasteiger partial charge in [0.15, 0.2) is 5.96 Å². The second-order valence-electron chi connectivity index (χ2n) is 5.64. The molecule has 1 fully saturated rings. The van der Waals surface area contributed by atoms with Crippen LogP contribution < -0.4 is 15.4 Å². The van der Waals surface area contributed by atoms with Crippen molar-refractivity contribution in [1.82, 2.24) is 15.6 Å². The van der Waals surface area contributed by atoms with E-state index in [1.54, 1.807) is 0 Å². The Morgan fingerprint density at radius 2 is 2.17 bits per heavy atom. The first kappa shape index (κ1) is 17.9. The number of hydrogen-bond acceptors (Lipinski definition) is 4. The van der Waals surface area contributed by atoms with E-state index in [9.17, 15) is 0 Å². The van der Waals surface area contributed by atoms with Gasteiger partial charge in [0.2, 0.25) is 5.88 Å². The molecule has 1 aliphatic carbocycles. The molecule has 1 heterocycles. The molecular weight excluding hydrogens is 308 g/mol. The first-order chi connectivity index (χ1) is 11.3. The van der Waals surface area contributed by atoms with Crippen molar-refractivity contribution in [2.45, 2.75) is 45.3 Å². The summed E-state index contributed by atoms with van der Waals surface area (Å²) in [7, 11) is 0. The van der Waals surface area contributed by atoms with Crippen molar-refractivity contribution >= 4 is 17.7 Å². The minimum Gasteiger partial charge on any atom is -0.474 e. The van der Waals surface area contributed by atoms with E-state index in [1.165, 1.54) is 12.8 Å². The molecule has 5 nitrogen and oxygen atoms in total. The quantitative estimate of drug-likeness (QED) is 0.434. The molecule has 2 rings (SSSR count). The molecule has 128 valence electrons. The second-order valence-corrected chi connectivity index (χ2v) is 6.63. The Morgan fingerprint density at radius 1 is 1.35 bits per heavy atom. The van der Waals surface area contributed by atoms with Gasteiger partial charge in [0.25, 0.3) is 0 Å². The van der Waals surface area contributed by atoms with E-state index in [0.717, 1.165) is 49.1 Å². The molecule has 1 saturated carbocycles. The predicted octanol–water partition coefficient (Wildman–Crippen LogP) is 2.82. The lowest BCUT2D eigenvalue weighted by Gasteiger charge is -2.12. The van der Waals surface area contributed by atoms with E-state index < -0.39 is 0 Å². The van der Waals surface area contributed by atoms with Crippen molar-refractivity contribution in [1.29, 1.82) is 0 Å². The molecule has 0 atom stereocenters. The summed E-state index contributed by atoms with van der Waals surface area (Å²) in [6.07, 6.45) is 9.17. The highest BCUT2D eigenvalue weighted by Crippen LogP contribution is 2.22. The minimum atomic E-state index is 0.354. The van der Waals surface area contributed by atoms with Crippen LogP contribution in [0.5, 0.6) is 5.88 Å². The summed E-state index contributed by atoms with van der Waals surface area (Å²) < 4.78 is 5.89. The number of pyridine rings is 1. The third-order valence-corrected chi connectivity index (χ3v) is 4.36. The van der Waals surface area contributed by atoms with Crippen LogP contribution in [0.3, 0.4) is 0 Å². The van der Waals surface area contributed by atoms with E-state index in [4.69, 9.17) is 4.74 Å². The zero-order valence-corrected chi connectivity index (χ0v) is 15.0. The molecule has 0 aliphatic heterocycles. The van der Waals surface area contributed by atoms with Crippen molar-refractivity contribution in [3.8, 4) is 5.88 Å². The van der Waals surface area contributed by atoms with Crippen LogP contribution in [0.2, 0.25) is 0 Å². The van der Waals surface area contributed by atoms with Crippen LogP contribution >= 0.6 is 11.8 Å². The van der Waals surface area contributed by atoms with Crippen LogP contribution in [-0.2, 0) is 6.54 Å². The Kier molecular flexibility index (Phi) is 8.07. The normalized spacial score (nSPS) is 15.7. The predicted molar refractivity (Wildman–Crippen MR) is 98.3 cm³/mol. The minimum absolute atomic E-state index is 0.354. The van der Waals surface area contributed by atoms with Gasteiger partial charge in [-0.25, -0.2) is 9.98 Å². The molecule has 0 amide bonds. The number of ether oxygens (including phenoxy) is 1. The fourth-order valence-corrected chi connectivity index (χ4v) is 2.84. The number of aliphatic imine (C=N–C) groups is 1. The molecule has 0 radical (unpaired) electrons. The van der Waals surface area contributed by atoms with E-state index >= 15 is 0 Å². The van der Waals surface area contributed by atoms with Crippen LogP contribution in [0.4, 0.5) is 0 Å². The number of hydrogen-bond donors (Lipinski definition) is 2.